The van der Waals surface area contributed by atoms with Gasteiger partial charge in [-0.1, -0.05) is 64.5 Å². The number of nitrogens with one attached hydrogen (secondary N) is 1. The minimum Gasteiger partial charge on any atom is -0.494 e. The average molecular weight is 579 g/mol. The van der Waals surface area contributed by atoms with E-state index in [2.05, 4.69) is 21.4 Å². The fourth-order valence-corrected chi connectivity index (χ4v) is 5.34. The van der Waals surface area contributed by atoms with Gasteiger partial charge < -0.3 is 14.6 Å². The lowest BCUT2D eigenvalue weighted by atomic mass is 9.82. The summed E-state index contributed by atoms with van der Waals surface area (Å²) in [6, 6.07) is 25.3. The van der Waals surface area contributed by atoms with Crippen LogP contribution in [-0.2, 0) is 16.0 Å². The van der Waals surface area contributed by atoms with Gasteiger partial charge in [0.25, 0.3) is 5.91 Å². The molecule has 0 saturated carbocycles. The lowest BCUT2D eigenvalue weighted by molar-refractivity contribution is -0.133. The summed E-state index contributed by atoms with van der Waals surface area (Å²) in [6.07, 6.45) is 2.42. The van der Waals surface area contributed by atoms with Crippen LogP contribution in [0.2, 0.25) is 0 Å². The van der Waals surface area contributed by atoms with Crippen molar-refractivity contribution in [2.24, 2.45) is 4.99 Å². The molecule has 2 atom stereocenters. The van der Waals surface area contributed by atoms with Crippen molar-refractivity contribution in [3.05, 3.63) is 100 Å². The Labute approximate surface area is 231 Å². The largest absolute Gasteiger partial charge is 0.494 e. The van der Waals surface area contributed by atoms with Crippen LogP contribution in [0.5, 0.6) is 5.75 Å². The Morgan fingerprint density at radius 3 is 2.47 bits per heavy atom. The highest BCUT2D eigenvalue weighted by Gasteiger charge is 2.54. The van der Waals surface area contributed by atoms with Gasteiger partial charge in [-0.05, 0) is 54.3 Å². The summed E-state index contributed by atoms with van der Waals surface area (Å²) in [5.41, 5.74) is 4.57. The number of hydrogen-bond acceptors (Lipinski definition) is 6. The first-order chi connectivity index (χ1) is 18.6. The maximum Gasteiger partial charge on any atom is 0.266 e. The Hall–Kier alpha value is -3.20. The van der Waals surface area contributed by atoms with Crippen LogP contribution in [0.1, 0.15) is 42.1 Å². The van der Waals surface area contributed by atoms with Crippen molar-refractivity contribution in [2.75, 3.05) is 26.3 Å². The number of amides is 1. The van der Waals surface area contributed by atoms with Crippen LogP contribution in [0.15, 0.2) is 88.3 Å². The number of aliphatic imine (C=N–C) groups is 1. The first-order valence-electron chi connectivity index (χ1n) is 13.0. The van der Waals surface area contributed by atoms with Crippen molar-refractivity contribution in [3.63, 3.8) is 0 Å². The van der Waals surface area contributed by atoms with Gasteiger partial charge in [0, 0.05) is 42.6 Å². The van der Waals surface area contributed by atoms with E-state index in [4.69, 9.17) is 19.6 Å². The molecule has 1 amide bonds. The highest BCUT2D eigenvalue weighted by Crippen LogP contribution is 2.43. The van der Waals surface area contributed by atoms with E-state index in [1.165, 1.54) is 0 Å². The molecule has 2 aliphatic rings. The van der Waals surface area contributed by atoms with E-state index in [1.807, 2.05) is 83.9 Å². The van der Waals surface area contributed by atoms with Gasteiger partial charge in [-0.25, -0.2) is 10.0 Å². The van der Waals surface area contributed by atoms with Gasteiger partial charge in [0.15, 0.2) is 11.6 Å². The zero-order valence-electron chi connectivity index (χ0n) is 21.2. The molecule has 1 saturated heterocycles. The molecule has 7 nitrogen and oxygen atoms in total. The summed E-state index contributed by atoms with van der Waals surface area (Å²) in [5.74, 6) is 0.944. The Bertz CT molecular complexity index is 1260. The zero-order chi connectivity index (χ0) is 26.4. The van der Waals surface area contributed by atoms with Crippen LogP contribution in [0.3, 0.4) is 0 Å². The topological polar surface area (TPSA) is 83.4 Å². The number of hydrogen-bond donors (Lipinski definition) is 2. The van der Waals surface area contributed by atoms with Gasteiger partial charge in [-0.15, -0.1) is 0 Å². The van der Waals surface area contributed by atoms with Crippen molar-refractivity contribution in [3.8, 4) is 5.75 Å². The summed E-state index contributed by atoms with van der Waals surface area (Å²) in [6.45, 7) is 2.17. The van der Waals surface area contributed by atoms with E-state index < -0.39 is 11.6 Å². The third-order valence-electron chi connectivity index (χ3n) is 6.92. The first-order valence-corrected chi connectivity index (χ1v) is 13.8. The number of benzene rings is 3. The van der Waals surface area contributed by atoms with Crippen molar-refractivity contribution in [2.45, 2.75) is 37.3 Å². The fourth-order valence-electron chi connectivity index (χ4n) is 4.91. The van der Waals surface area contributed by atoms with Crippen LogP contribution >= 0.6 is 15.9 Å². The minimum absolute atomic E-state index is 0.0860. The number of carbonyl (C=O) groups excluding carboxylic acids is 1. The highest BCUT2D eigenvalue weighted by molar-refractivity contribution is 9.10. The van der Waals surface area contributed by atoms with Crippen LogP contribution in [0.4, 0.5) is 0 Å². The second kappa shape index (κ2) is 12.1. The number of rotatable bonds is 10. The van der Waals surface area contributed by atoms with Gasteiger partial charge >= 0.3 is 0 Å². The Morgan fingerprint density at radius 1 is 1.05 bits per heavy atom. The van der Waals surface area contributed by atoms with E-state index in [0.717, 1.165) is 47.1 Å². The quantitative estimate of drug-likeness (QED) is 0.337. The molecule has 0 radical (unpaired) electrons. The molecule has 0 aliphatic carbocycles. The fraction of sp³-hybridized carbons (Fsp3) is 0.333. The Kier molecular flexibility index (Phi) is 8.42. The molecule has 2 heterocycles. The second-order valence-electron chi connectivity index (χ2n) is 9.60. The van der Waals surface area contributed by atoms with E-state index >= 15 is 0 Å². The van der Waals surface area contributed by atoms with Crippen LogP contribution < -0.4 is 10.2 Å². The molecule has 38 heavy (non-hydrogen) atoms. The SMILES string of the molecule is O=C(NN1CCCC1)[C@@]1(Cc2ccccc2Br)N=C(c2ccc(OCCCO)cc2)O[C@H]1c1ccccc1. The number of aliphatic hydroxyl groups excluding tert-OH is 1. The molecule has 1 fully saturated rings. The van der Waals surface area contributed by atoms with Crippen LogP contribution in [0.25, 0.3) is 0 Å². The molecule has 0 aromatic heterocycles. The standard InChI is InChI=1S/C30H32BrN3O4/c31-26-12-5-4-11-24(26)21-30(29(36)33-34-17-6-7-18-34)27(22-9-2-1-3-10-22)38-28(32-30)23-13-15-25(16-14-23)37-20-8-19-35/h1-5,9-16,27,35H,6-8,17-21H2,(H,33,36)/t27-,30-/m0/s1. The third kappa shape index (κ3) is 5.77. The lowest BCUT2D eigenvalue weighted by Crippen LogP contribution is -2.54. The number of ether oxygens (including phenoxy) is 2. The lowest BCUT2D eigenvalue weighted by Gasteiger charge is -2.32. The predicted molar refractivity (Wildman–Crippen MR) is 150 cm³/mol. The summed E-state index contributed by atoms with van der Waals surface area (Å²) in [5, 5.41) is 11.0. The van der Waals surface area contributed by atoms with E-state index in [0.29, 0.717) is 31.1 Å². The summed E-state index contributed by atoms with van der Waals surface area (Å²) >= 11 is 3.67. The maximum atomic E-state index is 14.2. The second-order valence-corrected chi connectivity index (χ2v) is 10.5. The maximum absolute atomic E-state index is 14.2. The molecule has 2 N–H and O–H groups in total. The predicted octanol–water partition coefficient (Wildman–Crippen LogP) is 4.84. The number of aliphatic hydroxyl groups is 1. The number of nitrogens with zero attached hydrogens (tertiary/aromatic N) is 2. The van der Waals surface area contributed by atoms with Crippen molar-refractivity contribution in [1.29, 1.82) is 0 Å². The van der Waals surface area contributed by atoms with Crippen LogP contribution in [-0.4, -0.2) is 53.8 Å². The molecule has 0 bridgehead atoms. The van der Waals surface area contributed by atoms with Crippen LogP contribution in [0, 0.1) is 0 Å². The molecule has 8 heteroatoms. The van der Waals surface area contributed by atoms with Gasteiger partial charge in [0.05, 0.1) is 6.61 Å². The Balaban J connectivity index is 1.55. The molecule has 2 aliphatic heterocycles. The number of carbonyl (C=O) groups is 1. The van der Waals surface area contributed by atoms with E-state index in [1.54, 1.807) is 0 Å². The minimum atomic E-state index is -1.22. The number of halogens is 1. The van der Waals surface area contributed by atoms with Gasteiger partial charge in [0.2, 0.25) is 5.90 Å². The molecular weight excluding hydrogens is 546 g/mol. The smallest absolute Gasteiger partial charge is 0.266 e. The molecule has 3 aromatic rings. The third-order valence-corrected chi connectivity index (χ3v) is 7.69. The molecule has 0 unspecified atom stereocenters. The monoisotopic (exact) mass is 577 g/mol. The average Bonchev–Trinajstić information content (AvgIpc) is 3.60. The van der Waals surface area contributed by atoms with E-state index in [-0.39, 0.29) is 12.5 Å². The number of hydrazine groups is 1. The summed E-state index contributed by atoms with van der Waals surface area (Å²) in [4.78, 5) is 19.3. The molecular formula is C30H32BrN3O4. The summed E-state index contributed by atoms with van der Waals surface area (Å²) < 4.78 is 13.2. The normalized spacial score (nSPS) is 21.1. The van der Waals surface area contributed by atoms with E-state index in [9.17, 15) is 4.79 Å². The zero-order valence-corrected chi connectivity index (χ0v) is 22.8. The molecule has 0 spiro atoms. The highest BCUT2D eigenvalue weighted by atomic mass is 79.9. The molecule has 5 rings (SSSR count). The van der Waals surface area contributed by atoms with Gasteiger partial charge in [-0.3, -0.25) is 10.2 Å². The van der Waals surface area contributed by atoms with Crippen molar-refractivity contribution < 1.29 is 19.4 Å². The molecule has 198 valence electrons. The summed E-state index contributed by atoms with van der Waals surface area (Å²) in [7, 11) is 0. The van der Waals surface area contributed by atoms with Gasteiger partial charge in [-0.2, -0.15) is 0 Å². The van der Waals surface area contributed by atoms with Gasteiger partial charge in [0.1, 0.15) is 5.75 Å². The van der Waals surface area contributed by atoms with Crippen molar-refractivity contribution in [1.82, 2.24) is 10.4 Å². The van der Waals surface area contributed by atoms with Crippen molar-refractivity contribution >= 4 is 27.7 Å². The Morgan fingerprint density at radius 2 is 1.76 bits per heavy atom. The first kappa shape index (κ1) is 26.4. The molecule has 3 aromatic carbocycles.